The van der Waals surface area contributed by atoms with E-state index in [-0.39, 0.29) is 5.91 Å². The molecule has 110 valence electrons. The van der Waals surface area contributed by atoms with E-state index in [9.17, 15) is 4.79 Å². The molecule has 1 aromatic carbocycles. The fourth-order valence-corrected chi connectivity index (χ4v) is 3.41. The van der Waals surface area contributed by atoms with Crippen LogP contribution in [0.4, 0.5) is 0 Å². The van der Waals surface area contributed by atoms with Crippen LogP contribution in [0.1, 0.15) is 26.2 Å². The molecule has 0 atom stereocenters. The van der Waals surface area contributed by atoms with E-state index < -0.39 is 0 Å². The summed E-state index contributed by atoms with van der Waals surface area (Å²) in [7, 11) is 0. The zero-order chi connectivity index (χ0) is 14.7. The number of imidazole rings is 1. The molecule has 1 aliphatic carbocycles. The highest BCUT2D eigenvalue weighted by Crippen LogP contribution is 2.24. The molecule has 0 bridgehead atoms. The summed E-state index contributed by atoms with van der Waals surface area (Å²) >= 11 is 1.47. The van der Waals surface area contributed by atoms with E-state index in [0.29, 0.717) is 5.75 Å². The second-order valence-corrected chi connectivity index (χ2v) is 6.04. The van der Waals surface area contributed by atoms with Crippen molar-refractivity contribution in [3.8, 4) is 0 Å². The first kappa shape index (κ1) is 14.2. The molecule has 21 heavy (non-hydrogen) atoms. The predicted molar refractivity (Wildman–Crippen MR) is 86.1 cm³/mol. The van der Waals surface area contributed by atoms with Gasteiger partial charge in [0.05, 0.1) is 16.8 Å². The van der Waals surface area contributed by atoms with Gasteiger partial charge in [0, 0.05) is 12.2 Å². The van der Waals surface area contributed by atoms with Crippen molar-refractivity contribution in [3.63, 3.8) is 0 Å². The third kappa shape index (κ3) is 3.13. The Kier molecular flexibility index (Phi) is 4.29. The number of rotatable bonds is 5. The Balaban J connectivity index is 1.64. The molecule has 0 saturated carbocycles. The van der Waals surface area contributed by atoms with Gasteiger partial charge in [-0.3, -0.25) is 4.79 Å². The summed E-state index contributed by atoms with van der Waals surface area (Å²) in [5.41, 5.74) is 3.14. The number of hydrogen-bond acceptors (Lipinski definition) is 3. The van der Waals surface area contributed by atoms with Crippen molar-refractivity contribution in [3.05, 3.63) is 36.0 Å². The number of para-hydroxylation sites is 2. The Labute approximate surface area is 128 Å². The van der Waals surface area contributed by atoms with E-state index in [4.69, 9.17) is 0 Å². The molecule has 1 amide bonds. The number of nitrogens with zero attached hydrogens (tertiary/aromatic N) is 2. The molecule has 1 aliphatic rings. The summed E-state index contributed by atoms with van der Waals surface area (Å²) < 4.78 is 0. The number of fused-ring (bicyclic) bond motifs is 1. The zero-order valence-electron chi connectivity index (χ0n) is 12.1. The van der Waals surface area contributed by atoms with E-state index in [1.807, 2.05) is 36.1 Å². The Morgan fingerprint density at radius 3 is 3.00 bits per heavy atom. The first-order valence-corrected chi connectivity index (χ1v) is 8.33. The van der Waals surface area contributed by atoms with Gasteiger partial charge >= 0.3 is 0 Å². The molecule has 1 N–H and O–H groups in total. The largest absolute Gasteiger partial charge is 0.333 e. The molecular weight excluding hydrogens is 282 g/mol. The Hall–Kier alpha value is -1.75. The zero-order valence-corrected chi connectivity index (χ0v) is 12.9. The minimum absolute atomic E-state index is 0.163. The van der Waals surface area contributed by atoms with Crippen LogP contribution in [-0.4, -0.2) is 33.1 Å². The third-order valence-electron chi connectivity index (χ3n) is 3.68. The highest BCUT2D eigenvalue weighted by atomic mass is 32.2. The average molecular weight is 301 g/mol. The second-order valence-electron chi connectivity index (χ2n) is 5.07. The van der Waals surface area contributed by atoms with Crippen LogP contribution in [0.2, 0.25) is 0 Å². The van der Waals surface area contributed by atoms with Crippen LogP contribution in [0, 0.1) is 0 Å². The van der Waals surface area contributed by atoms with Gasteiger partial charge in [-0.25, -0.2) is 4.98 Å². The summed E-state index contributed by atoms with van der Waals surface area (Å²) in [5, 5.41) is 0.806. The SMILES string of the molecule is CCN(C(=O)CSc1nc2ccccc2[nH]1)C1=CCCC1. The number of benzene rings is 1. The molecule has 3 rings (SSSR count). The Morgan fingerprint density at radius 2 is 2.29 bits per heavy atom. The summed E-state index contributed by atoms with van der Waals surface area (Å²) in [4.78, 5) is 22.0. The van der Waals surface area contributed by atoms with Gasteiger partial charge < -0.3 is 9.88 Å². The van der Waals surface area contributed by atoms with Crippen LogP contribution in [0.25, 0.3) is 11.0 Å². The Bertz CT molecular complexity index is 644. The lowest BCUT2D eigenvalue weighted by Crippen LogP contribution is -2.31. The van der Waals surface area contributed by atoms with Crippen molar-refractivity contribution in [2.24, 2.45) is 0 Å². The van der Waals surface area contributed by atoms with Crippen LogP contribution in [0.15, 0.2) is 41.2 Å². The van der Waals surface area contributed by atoms with Crippen LogP contribution < -0.4 is 0 Å². The van der Waals surface area contributed by atoms with Crippen molar-refractivity contribution in [1.82, 2.24) is 14.9 Å². The molecule has 0 aliphatic heterocycles. The van der Waals surface area contributed by atoms with Crippen LogP contribution >= 0.6 is 11.8 Å². The van der Waals surface area contributed by atoms with Crippen molar-refractivity contribution >= 4 is 28.7 Å². The maximum absolute atomic E-state index is 12.4. The van der Waals surface area contributed by atoms with Crippen LogP contribution in [-0.2, 0) is 4.79 Å². The van der Waals surface area contributed by atoms with Gasteiger partial charge in [-0.15, -0.1) is 0 Å². The predicted octanol–water partition coefficient (Wildman–Crippen LogP) is 3.57. The van der Waals surface area contributed by atoms with Crippen LogP contribution in [0.5, 0.6) is 0 Å². The molecule has 2 aromatic rings. The van der Waals surface area contributed by atoms with Gasteiger partial charge in [0.25, 0.3) is 0 Å². The average Bonchev–Trinajstić information content (AvgIpc) is 3.14. The molecular formula is C16H19N3OS. The van der Waals surface area contributed by atoms with Gasteiger partial charge in [-0.1, -0.05) is 30.0 Å². The molecule has 0 fully saturated rings. The summed E-state index contributed by atoms with van der Waals surface area (Å²) in [5.74, 6) is 0.585. The number of aromatic nitrogens is 2. The van der Waals surface area contributed by atoms with Crippen LogP contribution in [0.3, 0.4) is 0 Å². The number of carbonyl (C=O) groups is 1. The maximum atomic E-state index is 12.4. The molecule has 0 saturated heterocycles. The molecule has 4 nitrogen and oxygen atoms in total. The minimum atomic E-state index is 0.163. The summed E-state index contributed by atoms with van der Waals surface area (Å²) in [6.45, 7) is 2.77. The number of nitrogens with one attached hydrogen (secondary N) is 1. The fraction of sp³-hybridized carbons (Fsp3) is 0.375. The van der Waals surface area contributed by atoms with E-state index in [0.717, 1.165) is 42.0 Å². The molecule has 1 heterocycles. The lowest BCUT2D eigenvalue weighted by atomic mass is 10.3. The topological polar surface area (TPSA) is 49.0 Å². The highest BCUT2D eigenvalue weighted by molar-refractivity contribution is 7.99. The summed E-state index contributed by atoms with van der Waals surface area (Å²) in [6.07, 6.45) is 5.47. The number of H-pyrrole nitrogens is 1. The van der Waals surface area contributed by atoms with Gasteiger partial charge in [0.2, 0.25) is 5.91 Å². The van der Waals surface area contributed by atoms with Gasteiger partial charge in [0.15, 0.2) is 5.16 Å². The number of aromatic amines is 1. The van der Waals surface area contributed by atoms with Gasteiger partial charge in [-0.05, 0) is 38.3 Å². The van der Waals surface area contributed by atoms with Crippen molar-refractivity contribution in [1.29, 1.82) is 0 Å². The maximum Gasteiger partial charge on any atom is 0.237 e. The van der Waals surface area contributed by atoms with Crippen molar-refractivity contribution in [2.45, 2.75) is 31.3 Å². The van der Waals surface area contributed by atoms with E-state index in [2.05, 4.69) is 16.0 Å². The third-order valence-corrected chi connectivity index (χ3v) is 4.54. The second kappa shape index (κ2) is 6.35. The van der Waals surface area contributed by atoms with E-state index in [1.54, 1.807) is 0 Å². The Morgan fingerprint density at radius 1 is 1.43 bits per heavy atom. The number of amides is 1. The number of allylic oxidation sites excluding steroid dienone is 2. The number of thioether (sulfide) groups is 1. The first-order valence-electron chi connectivity index (χ1n) is 7.35. The standard InChI is InChI=1S/C16H19N3OS/c1-2-19(12-7-3-4-8-12)15(20)11-21-16-17-13-9-5-6-10-14(13)18-16/h5-7,9-10H,2-4,8,11H2,1H3,(H,17,18). The number of carbonyl (C=O) groups excluding carboxylic acids is 1. The van der Waals surface area contributed by atoms with Gasteiger partial charge in [-0.2, -0.15) is 0 Å². The quantitative estimate of drug-likeness (QED) is 0.859. The van der Waals surface area contributed by atoms with Gasteiger partial charge in [0.1, 0.15) is 0 Å². The summed E-state index contributed by atoms with van der Waals surface area (Å²) in [6, 6.07) is 7.91. The monoisotopic (exact) mass is 301 g/mol. The lowest BCUT2D eigenvalue weighted by molar-refractivity contribution is -0.126. The smallest absolute Gasteiger partial charge is 0.237 e. The van der Waals surface area contributed by atoms with Crippen molar-refractivity contribution in [2.75, 3.05) is 12.3 Å². The number of hydrogen-bond donors (Lipinski definition) is 1. The lowest BCUT2D eigenvalue weighted by Gasteiger charge is -2.21. The molecule has 1 aromatic heterocycles. The molecule has 5 heteroatoms. The van der Waals surface area contributed by atoms with E-state index >= 15 is 0 Å². The molecule has 0 radical (unpaired) electrons. The fourth-order valence-electron chi connectivity index (χ4n) is 2.64. The molecule has 0 spiro atoms. The normalized spacial score (nSPS) is 14.4. The first-order chi connectivity index (χ1) is 10.3. The molecule has 0 unspecified atom stereocenters. The minimum Gasteiger partial charge on any atom is -0.333 e. The van der Waals surface area contributed by atoms with E-state index in [1.165, 1.54) is 17.5 Å². The highest BCUT2D eigenvalue weighted by Gasteiger charge is 2.19. The van der Waals surface area contributed by atoms with Crippen molar-refractivity contribution < 1.29 is 4.79 Å².